The molecule has 2 N–H and O–H groups in total. The molecular weight excluding hydrogens is 452 g/mol. The van der Waals surface area contributed by atoms with Crippen LogP contribution in [0, 0.1) is 5.92 Å². The number of hydrogen-bond acceptors (Lipinski definition) is 6. The van der Waals surface area contributed by atoms with Gasteiger partial charge in [-0.05, 0) is 61.6 Å². The summed E-state index contributed by atoms with van der Waals surface area (Å²) in [7, 11) is 0. The van der Waals surface area contributed by atoms with Gasteiger partial charge in [0, 0.05) is 25.1 Å². The van der Waals surface area contributed by atoms with Crippen LogP contribution in [0.2, 0.25) is 0 Å². The van der Waals surface area contributed by atoms with Crippen molar-refractivity contribution in [2.24, 2.45) is 5.92 Å². The monoisotopic (exact) mass is 484 g/mol. The molecule has 0 saturated carbocycles. The van der Waals surface area contributed by atoms with Crippen molar-refractivity contribution >= 4 is 22.8 Å². The van der Waals surface area contributed by atoms with E-state index >= 15 is 0 Å². The molecule has 1 aliphatic rings. The van der Waals surface area contributed by atoms with Gasteiger partial charge < -0.3 is 15.4 Å². The number of nitrogens with two attached hydrogens (primary N) is 1. The van der Waals surface area contributed by atoms with E-state index in [2.05, 4.69) is 23.8 Å². The smallest absolute Gasteiger partial charge is 0.222 e. The van der Waals surface area contributed by atoms with Crippen molar-refractivity contribution in [1.29, 1.82) is 0 Å². The van der Waals surface area contributed by atoms with Gasteiger partial charge in [-0.15, -0.1) is 0 Å². The van der Waals surface area contributed by atoms with Crippen LogP contribution >= 0.6 is 0 Å². The number of amides is 1. The molecule has 0 atom stereocenters. The summed E-state index contributed by atoms with van der Waals surface area (Å²) in [6, 6.07) is 17.6. The predicted octanol–water partition coefficient (Wildman–Crippen LogP) is 5.47. The lowest BCUT2D eigenvalue weighted by Gasteiger charge is -2.32. The molecule has 2 aromatic heterocycles. The predicted molar refractivity (Wildman–Crippen MR) is 141 cm³/mol. The third kappa shape index (κ3) is 5.03. The van der Waals surface area contributed by atoms with Crippen molar-refractivity contribution in [3.8, 4) is 22.8 Å². The van der Waals surface area contributed by atoms with E-state index in [4.69, 9.17) is 15.6 Å². The van der Waals surface area contributed by atoms with Gasteiger partial charge in [0.25, 0.3) is 0 Å². The number of rotatable bonds is 7. The molecule has 8 nitrogen and oxygen atoms in total. The van der Waals surface area contributed by atoms with Crippen LogP contribution in [-0.2, 0) is 4.79 Å². The Kier molecular flexibility index (Phi) is 6.84. The summed E-state index contributed by atoms with van der Waals surface area (Å²) in [6.07, 6.45) is 4.69. The van der Waals surface area contributed by atoms with Crippen molar-refractivity contribution in [3.05, 3.63) is 60.9 Å². The summed E-state index contributed by atoms with van der Waals surface area (Å²) in [5.74, 6) is 2.72. The van der Waals surface area contributed by atoms with Crippen LogP contribution in [0.3, 0.4) is 0 Å². The molecule has 0 spiro atoms. The second kappa shape index (κ2) is 10.4. The van der Waals surface area contributed by atoms with E-state index < -0.39 is 0 Å². The van der Waals surface area contributed by atoms with E-state index in [1.54, 1.807) is 0 Å². The summed E-state index contributed by atoms with van der Waals surface area (Å²) in [6.45, 7) is 5.75. The minimum Gasteiger partial charge on any atom is -0.457 e. The number of nitrogen functional groups attached to an aromatic ring is 1. The molecule has 5 rings (SSSR count). The molecular formula is C28H32N6O2. The molecule has 1 aliphatic heterocycles. The third-order valence-corrected chi connectivity index (χ3v) is 6.72. The molecule has 3 heterocycles. The fraction of sp³-hybridized carbons (Fsp3) is 0.357. The largest absolute Gasteiger partial charge is 0.457 e. The highest BCUT2D eigenvalue weighted by Gasteiger charge is 2.27. The number of nitrogens with zero attached hydrogens (tertiary/aromatic N) is 5. The van der Waals surface area contributed by atoms with E-state index in [0.717, 1.165) is 66.1 Å². The lowest BCUT2D eigenvalue weighted by atomic mass is 10.0. The van der Waals surface area contributed by atoms with Crippen molar-refractivity contribution in [2.75, 3.05) is 18.8 Å². The molecule has 8 heteroatoms. The quantitative estimate of drug-likeness (QED) is 0.374. The van der Waals surface area contributed by atoms with Gasteiger partial charge in [0.15, 0.2) is 5.65 Å². The molecule has 2 aromatic carbocycles. The first-order chi connectivity index (χ1) is 17.5. The average Bonchev–Trinajstić information content (AvgIpc) is 3.29. The van der Waals surface area contributed by atoms with Crippen LogP contribution in [0.4, 0.5) is 5.82 Å². The molecule has 1 fully saturated rings. The molecule has 186 valence electrons. The van der Waals surface area contributed by atoms with Crippen molar-refractivity contribution in [3.63, 3.8) is 0 Å². The SMILES string of the molecule is CC(C)CCC(=O)N1CCC(n2nc(-c3ccc(Oc4ccccc4)cc3)c3c(N)ncnc32)CC1. The Balaban J connectivity index is 1.37. The van der Waals surface area contributed by atoms with Crippen LogP contribution in [0.5, 0.6) is 11.5 Å². The van der Waals surface area contributed by atoms with Crippen LogP contribution in [0.25, 0.3) is 22.3 Å². The fourth-order valence-electron chi connectivity index (χ4n) is 4.69. The molecule has 0 unspecified atom stereocenters. The van der Waals surface area contributed by atoms with Crippen LogP contribution in [-0.4, -0.2) is 43.6 Å². The topological polar surface area (TPSA) is 99.2 Å². The van der Waals surface area contributed by atoms with Crippen LogP contribution in [0.15, 0.2) is 60.9 Å². The first-order valence-corrected chi connectivity index (χ1v) is 12.6. The second-order valence-corrected chi connectivity index (χ2v) is 9.73. The minimum atomic E-state index is 0.144. The number of benzene rings is 2. The van der Waals surface area contributed by atoms with E-state index in [9.17, 15) is 4.79 Å². The summed E-state index contributed by atoms with van der Waals surface area (Å²) in [4.78, 5) is 23.4. The number of para-hydroxylation sites is 1. The fourth-order valence-corrected chi connectivity index (χ4v) is 4.69. The van der Waals surface area contributed by atoms with Crippen molar-refractivity contribution in [1.82, 2.24) is 24.6 Å². The van der Waals surface area contributed by atoms with Crippen LogP contribution in [0.1, 0.15) is 45.6 Å². The summed E-state index contributed by atoms with van der Waals surface area (Å²) in [5.41, 5.74) is 8.71. The Hall–Kier alpha value is -3.94. The Labute approximate surface area is 211 Å². The zero-order chi connectivity index (χ0) is 25.1. The van der Waals surface area contributed by atoms with Crippen molar-refractivity contribution < 1.29 is 9.53 Å². The molecule has 1 saturated heterocycles. The molecule has 1 amide bonds. The van der Waals surface area contributed by atoms with Gasteiger partial charge in [0.1, 0.15) is 29.3 Å². The number of likely N-dealkylation sites (tertiary alicyclic amines) is 1. The molecule has 0 radical (unpaired) electrons. The number of fused-ring (bicyclic) bond motifs is 1. The molecule has 36 heavy (non-hydrogen) atoms. The lowest BCUT2D eigenvalue weighted by molar-refractivity contribution is -0.132. The second-order valence-electron chi connectivity index (χ2n) is 9.73. The maximum Gasteiger partial charge on any atom is 0.222 e. The van der Waals surface area contributed by atoms with Gasteiger partial charge in [-0.2, -0.15) is 5.10 Å². The van der Waals surface area contributed by atoms with Gasteiger partial charge in [-0.1, -0.05) is 32.0 Å². The van der Waals surface area contributed by atoms with E-state index in [1.807, 2.05) is 64.2 Å². The average molecular weight is 485 g/mol. The van der Waals surface area contributed by atoms with Crippen molar-refractivity contribution in [2.45, 2.75) is 45.6 Å². The number of carbonyl (C=O) groups excluding carboxylic acids is 1. The Morgan fingerprint density at radius 2 is 1.72 bits per heavy atom. The maximum atomic E-state index is 12.6. The highest BCUT2D eigenvalue weighted by atomic mass is 16.5. The molecule has 0 bridgehead atoms. The van der Waals surface area contributed by atoms with E-state index in [0.29, 0.717) is 18.2 Å². The number of anilines is 1. The molecule has 0 aliphatic carbocycles. The van der Waals surface area contributed by atoms with Gasteiger partial charge >= 0.3 is 0 Å². The Morgan fingerprint density at radius 3 is 2.42 bits per heavy atom. The van der Waals surface area contributed by atoms with Gasteiger partial charge in [0.05, 0.1) is 11.4 Å². The number of aromatic nitrogens is 4. The highest BCUT2D eigenvalue weighted by Crippen LogP contribution is 2.35. The zero-order valence-corrected chi connectivity index (χ0v) is 20.8. The first kappa shape index (κ1) is 23.8. The summed E-state index contributed by atoms with van der Waals surface area (Å²) in [5, 5.41) is 5.73. The normalized spacial score (nSPS) is 14.5. The summed E-state index contributed by atoms with van der Waals surface area (Å²) >= 11 is 0. The lowest BCUT2D eigenvalue weighted by Crippen LogP contribution is -2.39. The minimum absolute atomic E-state index is 0.144. The van der Waals surface area contributed by atoms with E-state index in [1.165, 1.54) is 6.33 Å². The number of hydrogen-bond donors (Lipinski definition) is 1. The number of carbonyl (C=O) groups is 1. The third-order valence-electron chi connectivity index (χ3n) is 6.72. The standard InChI is InChI=1S/C28H32N6O2/c1-19(2)8-13-24(35)33-16-14-21(15-17-33)34-28-25(27(29)30-18-31-28)26(32-34)20-9-11-23(12-10-20)36-22-6-4-3-5-7-22/h3-7,9-12,18-19,21H,8,13-17H2,1-2H3,(H2,29,30,31). The van der Waals surface area contributed by atoms with Gasteiger partial charge in [0.2, 0.25) is 5.91 Å². The number of piperidine rings is 1. The highest BCUT2D eigenvalue weighted by molar-refractivity contribution is 5.98. The summed E-state index contributed by atoms with van der Waals surface area (Å²) < 4.78 is 7.91. The van der Waals surface area contributed by atoms with Gasteiger partial charge in [-0.25, -0.2) is 14.6 Å². The van der Waals surface area contributed by atoms with Crippen LogP contribution < -0.4 is 10.5 Å². The first-order valence-electron chi connectivity index (χ1n) is 12.6. The van der Waals surface area contributed by atoms with E-state index in [-0.39, 0.29) is 11.9 Å². The maximum absolute atomic E-state index is 12.6. The zero-order valence-electron chi connectivity index (χ0n) is 20.8. The Bertz CT molecular complexity index is 1330. The Morgan fingerprint density at radius 1 is 1.03 bits per heavy atom. The number of ether oxygens (including phenoxy) is 1. The van der Waals surface area contributed by atoms with Gasteiger partial charge in [-0.3, -0.25) is 4.79 Å². The molecule has 4 aromatic rings.